The molecule has 0 aliphatic carbocycles. The van der Waals surface area contributed by atoms with Gasteiger partial charge in [0, 0.05) is 44.3 Å². The number of anilines is 1. The molecule has 0 spiro atoms. The first-order valence-corrected chi connectivity index (χ1v) is 10.5. The summed E-state index contributed by atoms with van der Waals surface area (Å²) in [5.74, 6) is -0.284. The summed E-state index contributed by atoms with van der Waals surface area (Å²) in [6.45, 7) is 3.12. The molecule has 2 saturated heterocycles. The van der Waals surface area contributed by atoms with Crippen LogP contribution in [0.15, 0.2) is 41.8 Å². The summed E-state index contributed by atoms with van der Waals surface area (Å²) in [7, 11) is -3.67. The fourth-order valence-electron chi connectivity index (χ4n) is 3.54. The van der Waals surface area contributed by atoms with Gasteiger partial charge in [-0.3, -0.25) is 9.36 Å². The summed E-state index contributed by atoms with van der Waals surface area (Å²) in [5.41, 5.74) is 1.15. The van der Waals surface area contributed by atoms with Gasteiger partial charge in [-0.15, -0.1) is 0 Å². The van der Waals surface area contributed by atoms with E-state index in [0.29, 0.717) is 31.9 Å². The molecule has 0 N–H and O–H groups in total. The molecule has 0 radical (unpaired) electrons. The number of benzene rings is 1. The lowest BCUT2D eigenvalue weighted by Gasteiger charge is -2.27. The van der Waals surface area contributed by atoms with E-state index in [1.807, 2.05) is 0 Å². The van der Waals surface area contributed by atoms with Crippen molar-refractivity contribution in [2.75, 3.05) is 44.3 Å². The lowest BCUT2D eigenvalue weighted by atomic mass is 10.1. The first-order chi connectivity index (χ1) is 13.1. The SMILES string of the molecule is O=C(c1cc(S(=O)(=O)N2CCOCC2)ccc1N1CCCC1)n1ccnc1. The zero-order valence-electron chi connectivity index (χ0n) is 15.0. The van der Waals surface area contributed by atoms with Gasteiger partial charge < -0.3 is 9.64 Å². The van der Waals surface area contributed by atoms with Crippen LogP contribution in [0.3, 0.4) is 0 Å². The van der Waals surface area contributed by atoms with Crippen LogP contribution < -0.4 is 4.90 Å². The zero-order valence-corrected chi connectivity index (χ0v) is 15.8. The first kappa shape index (κ1) is 18.1. The predicted molar refractivity (Wildman–Crippen MR) is 99.4 cm³/mol. The average molecular weight is 390 g/mol. The summed E-state index contributed by atoms with van der Waals surface area (Å²) < 4.78 is 34.1. The van der Waals surface area contributed by atoms with Gasteiger partial charge in [-0.2, -0.15) is 4.31 Å². The second-order valence-corrected chi connectivity index (χ2v) is 8.60. The van der Waals surface area contributed by atoms with Gasteiger partial charge in [0.1, 0.15) is 6.33 Å². The molecule has 0 unspecified atom stereocenters. The molecule has 1 aromatic carbocycles. The van der Waals surface area contributed by atoms with Gasteiger partial charge in [-0.05, 0) is 31.0 Å². The van der Waals surface area contributed by atoms with Crippen LogP contribution >= 0.6 is 0 Å². The van der Waals surface area contributed by atoms with E-state index in [1.165, 1.54) is 27.5 Å². The van der Waals surface area contributed by atoms with E-state index < -0.39 is 10.0 Å². The van der Waals surface area contributed by atoms with Crippen LogP contribution in [0.1, 0.15) is 23.2 Å². The standard InChI is InChI=1S/C18H22N4O4S/c23-18(21-8-5-19-14-21)16-13-15(3-4-17(16)20-6-1-2-7-20)27(24,25)22-9-11-26-12-10-22/h3-5,8,13-14H,1-2,6-7,9-12H2. The number of imidazole rings is 1. The highest BCUT2D eigenvalue weighted by Crippen LogP contribution is 2.29. The molecule has 8 nitrogen and oxygen atoms in total. The van der Waals surface area contributed by atoms with Crippen LogP contribution in [-0.2, 0) is 14.8 Å². The summed E-state index contributed by atoms with van der Waals surface area (Å²) in [6.07, 6.45) is 6.65. The normalized spacial score (nSPS) is 18.7. The number of ether oxygens (including phenoxy) is 1. The summed E-state index contributed by atoms with van der Waals surface area (Å²) in [6, 6.07) is 4.85. The second-order valence-electron chi connectivity index (χ2n) is 6.66. The molecule has 0 bridgehead atoms. The molecule has 1 aromatic heterocycles. The Morgan fingerprint density at radius 3 is 2.48 bits per heavy atom. The van der Waals surface area contributed by atoms with Crippen molar-refractivity contribution in [3.63, 3.8) is 0 Å². The van der Waals surface area contributed by atoms with E-state index in [0.717, 1.165) is 31.6 Å². The van der Waals surface area contributed by atoms with Gasteiger partial charge in [0.25, 0.3) is 5.91 Å². The molecule has 0 atom stereocenters. The minimum atomic E-state index is -3.67. The van der Waals surface area contributed by atoms with E-state index in [9.17, 15) is 13.2 Å². The van der Waals surface area contributed by atoms with Crippen molar-refractivity contribution < 1.29 is 17.9 Å². The average Bonchev–Trinajstić information content (AvgIpc) is 3.41. The Morgan fingerprint density at radius 1 is 1.07 bits per heavy atom. The Morgan fingerprint density at radius 2 is 1.81 bits per heavy atom. The minimum Gasteiger partial charge on any atom is -0.379 e. The molecule has 27 heavy (non-hydrogen) atoms. The number of rotatable bonds is 4. The van der Waals surface area contributed by atoms with Crippen molar-refractivity contribution in [2.24, 2.45) is 0 Å². The number of aromatic nitrogens is 2. The molecule has 2 fully saturated rings. The van der Waals surface area contributed by atoms with Crippen molar-refractivity contribution in [1.82, 2.24) is 13.9 Å². The maximum atomic E-state index is 13.0. The highest BCUT2D eigenvalue weighted by molar-refractivity contribution is 7.89. The van der Waals surface area contributed by atoms with Crippen LogP contribution in [0.5, 0.6) is 0 Å². The smallest absolute Gasteiger partial charge is 0.265 e. The van der Waals surface area contributed by atoms with Crippen LogP contribution in [0.2, 0.25) is 0 Å². The molecule has 0 amide bonds. The number of nitrogens with zero attached hydrogens (tertiary/aromatic N) is 4. The molecule has 2 aliphatic heterocycles. The monoisotopic (exact) mass is 390 g/mol. The first-order valence-electron chi connectivity index (χ1n) is 9.07. The molecule has 0 saturated carbocycles. The van der Waals surface area contributed by atoms with E-state index in [1.54, 1.807) is 18.3 Å². The van der Waals surface area contributed by atoms with Gasteiger partial charge in [-0.25, -0.2) is 13.4 Å². The Bertz CT molecular complexity index is 915. The van der Waals surface area contributed by atoms with Gasteiger partial charge in [0.2, 0.25) is 10.0 Å². The Hall–Kier alpha value is -2.23. The van der Waals surface area contributed by atoms with Gasteiger partial charge in [0.05, 0.1) is 23.7 Å². The maximum Gasteiger partial charge on any atom is 0.265 e. The van der Waals surface area contributed by atoms with Crippen molar-refractivity contribution in [2.45, 2.75) is 17.7 Å². The largest absolute Gasteiger partial charge is 0.379 e. The van der Waals surface area contributed by atoms with Crippen LogP contribution in [0, 0.1) is 0 Å². The summed E-state index contributed by atoms with van der Waals surface area (Å²) in [5, 5.41) is 0. The number of sulfonamides is 1. The number of morpholine rings is 1. The quantitative estimate of drug-likeness (QED) is 0.780. The highest BCUT2D eigenvalue weighted by Gasteiger charge is 2.29. The molecule has 2 aromatic rings. The molecule has 9 heteroatoms. The fourth-order valence-corrected chi connectivity index (χ4v) is 4.97. The highest BCUT2D eigenvalue weighted by atomic mass is 32.2. The van der Waals surface area contributed by atoms with Crippen molar-refractivity contribution >= 4 is 21.6 Å². The van der Waals surface area contributed by atoms with Gasteiger partial charge in [-0.1, -0.05) is 0 Å². The van der Waals surface area contributed by atoms with Crippen molar-refractivity contribution in [3.8, 4) is 0 Å². The van der Waals surface area contributed by atoms with Crippen LogP contribution in [0.4, 0.5) is 5.69 Å². The number of hydrogen-bond acceptors (Lipinski definition) is 6. The van der Waals surface area contributed by atoms with Crippen molar-refractivity contribution in [1.29, 1.82) is 0 Å². The van der Waals surface area contributed by atoms with E-state index >= 15 is 0 Å². The molecular weight excluding hydrogens is 368 g/mol. The van der Waals surface area contributed by atoms with E-state index in [4.69, 9.17) is 4.74 Å². The molecule has 2 aliphatic rings. The maximum absolute atomic E-state index is 13.0. The van der Waals surface area contributed by atoms with E-state index in [-0.39, 0.29) is 10.8 Å². The number of carbonyl (C=O) groups excluding carboxylic acids is 1. The number of carbonyl (C=O) groups is 1. The lowest BCUT2D eigenvalue weighted by Crippen LogP contribution is -2.40. The Kier molecular flexibility index (Phi) is 4.98. The second kappa shape index (κ2) is 7.41. The topological polar surface area (TPSA) is 84.7 Å². The van der Waals surface area contributed by atoms with Crippen LogP contribution in [-0.4, -0.2) is 67.6 Å². The van der Waals surface area contributed by atoms with Gasteiger partial charge in [0.15, 0.2) is 0 Å². The van der Waals surface area contributed by atoms with Crippen LogP contribution in [0.25, 0.3) is 0 Å². The fraction of sp³-hybridized carbons (Fsp3) is 0.444. The minimum absolute atomic E-state index is 0.135. The Balaban J connectivity index is 1.76. The Labute approximate surface area is 158 Å². The zero-order chi connectivity index (χ0) is 18.9. The van der Waals surface area contributed by atoms with E-state index in [2.05, 4.69) is 9.88 Å². The summed E-state index contributed by atoms with van der Waals surface area (Å²) >= 11 is 0. The molecule has 4 rings (SSSR count). The third-order valence-corrected chi connectivity index (χ3v) is 6.89. The third-order valence-electron chi connectivity index (χ3n) is 4.99. The molecule has 3 heterocycles. The van der Waals surface area contributed by atoms with Gasteiger partial charge >= 0.3 is 0 Å². The van der Waals surface area contributed by atoms with Crippen molar-refractivity contribution in [3.05, 3.63) is 42.5 Å². The summed E-state index contributed by atoms with van der Waals surface area (Å²) in [4.78, 5) is 19.2. The number of hydrogen-bond donors (Lipinski definition) is 0. The molecular formula is C18H22N4O4S. The molecule has 144 valence electrons. The lowest BCUT2D eigenvalue weighted by molar-refractivity contribution is 0.0730. The third kappa shape index (κ3) is 3.50. The predicted octanol–water partition coefficient (Wildman–Crippen LogP) is 1.19.